The van der Waals surface area contributed by atoms with Crippen molar-refractivity contribution in [3.63, 3.8) is 0 Å². The number of fused-ring (bicyclic) bond motifs is 2. The number of hydrogen-bond donors (Lipinski definition) is 1. The maximum Gasteiger partial charge on any atom is 0.256 e. The highest BCUT2D eigenvalue weighted by Gasteiger charge is 2.34. The van der Waals surface area contributed by atoms with Crippen LogP contribution < -0.4 is 5.32 Å². The molecule has 1 amide bonds. The predicted octanol–water partition coefficient (Wildman–Crippen LogP) is 4.38. The number of rotatable bonds is 4. The minimum Gasteiger partial charge on any atom is -0.322 e. The number of nitrogens with one attached hydrogen (secondary N) is 1. The van der Waals surface area contributed by atoms with Gasteiger partial charge in [0, 0.05) is 17.3 Å². The third kappa shape index (κ3) is 3.68. The SMILES string of the molecule is Cc1nn([C@H]2CCS(=O)(=O)C2)c2nc(C3CC3)cc(C(=O)Nc3ccc4ccccc4c3)c12. The van der Waals surface area contributed by atoms with E-state index in [1.165, 1.54) is 0 Å². The van der Waals surface area contributed by atoms with Crippen molar-refractivity contribution in [2.75, 3.05) is 16.8 Å². The highest BCUT2D eigenvalue weighted by atomic mass is 32.2. The number of amides is 1. The van der Waals surface area contributed by atoms with Crippen LogP contribution in [0.3, 0.4) is 0 Å². The van der Waals surface area contributed by atoms with E-state index in [0.29, 0.717) is 34.6 Å². The van der Waals surface area contributed by atoms with Crippen molar-refractivity contribution in [2.45, 2.75) is 38.1 Å². The molecule has 1 atom stereocenters. The van der Waals surface area contributed by atoms with E-state index in [9.17, 15) is 13.2 Å². The number of sulfone groups is 1. The molecular weight excluding hydrogens is 436 g/mol. The maximum atomic E-state index is 13.5. The monoisotopic (exact) mass is 460 g/mol. The molecule has 6 rings (SSSR count). The van der Waals surface area contributed by atoms with E-state index in [1.54, 1.807) is 4.68 Å². The van der Waals surface area contributed by atoms with Gasteiger partial charge in [0.25, 0.3) is 5.91 Å². The van der Waals surface area contributed by atoms with E-state index in [4.69, 9.17) is 4.98 Å². The number of aromatic nitrogens is 3. The molecule has 0 radical (unpaired) electrons. The average Bonchev–Trinajstić information content (AvgIpc) is 3.51. The normalized spacial score (nSPS) is 19.8. The predicted molar refractivity (Wildman–Crippen MR) is 128 cm³/mol. The molecule has 1 N–H and O–H groups in total. The largest absolute Gasteiger partial charge is 0.322 e. The smallest absolute Gasteiger partial charge is 0.256 e. The molecule has 1 saturated heterocycles. The van der Waals surface area contributed by atoms with E-state index < -0.39 is 9.84 Å². The second-order valence-corrected chi connectivity index (χ2v) is 11.4. The average molecular weight is 461 g/mol. The number of pyridine rings is 1. The highest BCUT2D eigenvalue weighted by Crippen LogP contribution is 2.41. The summed E-state index contributed by atoms with van der Waals surface area (Å²) < 4.78 is 25.9. The van der Waals surface area contributed by atoms with Crippen LogP contribution in [-0.4, -0.2) is 40.6 Å². The van der Waals surface area contributed by atoms with Gasteiger partial charge >= 0.3 is 0 Å². The second-order valence-electron chi connectivity index (χ2n) is 9.17. The zero-order chi connectivity index (χ0) is 22.7. The van der Waals surface area contributed by atoms with Gasteiger partial charge in [-0.2, -0.15) is 5.10 Å². The standard InChI is InChI=1S/C25H24N4O3S/c1-15-23-21(25(30)26-19-9-8-16-4-2-3-5-18(16)12-19)13-22(17-6-7-17)27-24(23)29(28-15)20-10-11-33(31,32)14-20/h2-5,8-9,12-13,17,20H,6-7,10-11,14H2,1H3,(H,26,30)/t20-/m0/s1. The quantitative estimate of drug-likeness (QED) is 0.488. The number of benzene rings is 2. The number of hydrogen-bond acceptors (Lipinski definition) is 5. The molecule has 4 aromatic rings. The molecule has 7 nitrogen and oxygen atoms in total. The Kier molecular flexibility index (Phi) is 4.55. The summed E-state index contributed by atoms with van der Waals surface area (Å²) in [6, 6.07) is 15.5. The van der Waals surface area contributed by atoms with Crippen molar-refractivity contribution in [3.05, 3.63) is 65.5 Å². The number of carbonyl (C=O) groups is 1. The van der Waals surface area contributed by atoms with Crippen LogP contribution in [0.2, 0.25) is 0 Å². The van der Waals surface area contributed by atoms with Gasteiger partial charge in [0.1, 0.15) is 0 Å². The van der Waals surface area contributed by atoms with Crippen LogP contribution in [0.1, 0.15) is 53.0 Å². The molecule has 0 spiro atoms. The first-order valence-corrected chi connectivity index (χ1v) is 13.1. The van der Waals surface area contributed by atoms with Crippen LogP contribution in [0.4, 0.5) is 5.69 Å². The van der Waals surface area contributed by atoms with Gasteiger partial charge in [-0.05, 0) is 55.2 Å². The fraction of sp³-hybridized carbons (Fsp3) is 0.320. The zero-order valence-corrected chi connectivity index (χ0v) is 19.1. The summed E-state index contributed by atoms with van der Waals surface area (Å²) in [5.41, 5.74) is 3.45. The molecule has 2 fully saturated rings. The van der Waals surface area contributed by atoms with Gasteiger partial charge < -0.3 is 5.32 Å². The maximum absolute atomic E-state index is 13.5. The Morgan fingerprint density at radius 1 is 1.06 bits per heavy atom. The first-order valence-electron chi connectivity index (χ1n) is 11.3. The molecule has 2 aromatic heterocycles. The van der Waals surface area contributed by atoms with Crippen molar-refractivity contribution in [1.29, 1.82) is 0 Å². The lowest BCUT2D eigenvalue weighted by Gasteiger charge is -2.12. The van der Waals surface area contributed by atoms with Gasteiger partial charge in [-0.15, -0.1) is 0 Å². The molecular formula is C25H24N4O3S. The molecule has 2 aliphatic rings. The van der Waals surface area contributed by atoms with Gasteiger partial charge in [0.15, 0.2) is 15.5 Å². The number of nitrogens with zero attached hydrogens (tertiary/aromatic N) is 3. The molecule has 1 aliphatic heterocycles. The molecule has 1 aliphatic carbocycles. The summed E-state index contributed by atoms with van der Waals surface area (Å²) in [7, 11) is -3.07. The topological polar surface area (TPSA) is 93.9 Å². The fourth-order valence-electron chi connectivity index (χ4n) is 4.79. The summed E-state index contributed by atoms with van der Waals surface area (Å²) in [6.07, 6.45) is 2.62. The summed E-state index contributed by atoms with van der Waals surface area (Å²) in [4.78, 5) is 18.3. The van der Waals surface area contributed by atoms with Crippen molar-refractivity contribution in [3.8, 4) is 0 Å². The first-order chi connectivity index (χ1) is 15.9. The third-order valence-corrected chi connectivity index (χ3v) is 8.41. The minimum absolute atomic E-state index is 0.0666. The number of anilines is 1. The van der Waals surface area contributed by atoms with Crippen LogP contribution in [-0.2, 0) is 9.84 Å². The van der Waals surface area contributed by atoms with Crippen molar-refractivity contribution >= 4 is 43.2 Å². The van der Waals surface area contributed by atoms with Gasteiger partial charge in [0.2, 0.25) is 0 Å². The van der Waals surface area contributed by atoms with Gasteiger partial charge in [-0.3, -0.25) is 4.79 Å². The van der Waals surface area contributed by atoms with Crippen LogP contribution >= 0.6 is 0 Å². The van der Waals surface area contributed by atoms with Gasteiger partial charge in [-0.1, -0.05) is 30.3 Å². The van der Waals surface area contributed by atoms with E-state index in [-0.39, 0.29) is 23.5 Å². The summed E-state index contributed by atoms with van der Waals surface area (Å²) >= 11 is 0. The lowest BCUT2D eigenvalue weighted by molar-refractivity contribution is 0.102. The molecule has 1 saturated carbocycles. The highest BCUT2D eigenvalue weighted by molar-refractivity contribution is 7.91. The Hall–Kier alpha value is -3.26. The van der Waals surface area contributed by atoms with Crippen molar-refractivity contribution < 1.29 is 13.2 Å². The van der Waals surface area contributed by atoms with Crippen molar-refractivity contribution in [1.82, 2.24) is 14.8 Å². The van der Waals surface area contributed by atoms with E-state index in [1.807, 2.05) is 55.5 Å². The molecule has 3 heterocycles. The summed E-state index contributed by atoms with van der Waals surface area (Å²) in [6.45, 7) is 1.85. The Labute approximate surface area is 191 Å². The lowest BCUT2D eigenvalue weighted by Crippen LogP contribution is -2.15. The lowest BCUT2D eigenvalue weighted by atomic mass is 10.1. The van der Waals surface area contributed by atoms with Gasteiger partial charge in [-0.25, -0.2) is 18.1 Å². The van der Waals surface area contributed by atoms with Crippen molar-refractivity contribution in [2.24, 2.45) is 0 Å². The van der Waals surface area contributed by atoms with E-state index in [2.05, 4.69) is 10.4 Å². The first kappa shape index (κ1) is 20.4. The molecule has 8 heteroatoms. The van der Waals surface area contributed by atoms with Crippen LogP contribution in [0.25, 0.3) is 21.8 Å². The van der Waals surface area contributed by atoms with Crippen LogP contribution in [0.15, 0.2) is 48.5 Å². The third-order valence-electron chi connectivity index (χ3n) is 6.66. The van der Waals surface area contributed by atoms with Gasteiger partial charge in [0.05, 0.1) is 34.2 Å². The summed E-state index contributed by atoms with van der Waals surface area (Å²) in [5.74, 6) is 0.367. The van der Waals surface area contributed by atoms with E-state index >= 15 is 0 Å². The molecule has 168 valence electrons. The molecule has 0 unspecified atom stereocenters. The van der Waals surface area contributed by atoms with Crippen LogP contribution in [0.5, 0.6) is 0 Å². The molecule has 0 bridgehead atoms. The molecule has 33 heavy (non-hydrogen) atoms. The Morgan fingerprint density at radius 2 is 1.85 bits per heavy atom. The number of aryl methyl sites for hydroxylation is 1. The second kappa shape index (κ2) is 7.38. The summed E-state index contributed by atoms with van der Waals surface area (Å²) in [5, 5.41) is 10.6. The van der Waals surface area contributed by atoms with E-state index in [0.717, 1.165) is 35.0 Å². The Balaban J connectivity index is 1.43. The fourth-order valence-corrected chi connectivity index (χ4v) is 6.48. The number of carbonyl (C=O) groups excluding carboxylic acids is 1. The molecule has 2 aromatic carbocycles. The zero-order valence-electron chi connectivity index (χ0n) is 18.3. The minimum atomic E-state index is -3.07. The Bertz CT molecular complexity index is 1540. The Morgan fingerprint density at radius 3 is 2.58 bits per heavy atom. The van der Waals surface area contributed by atoms with Crippen LogP contribution in [0, 0.1) is 6.92 Å².